The van der Waals surface area contributed by atoms with Crippen molar-refractivity contribution in [3.05, 3.63) is 63.0 Å². The molecule has 94 valence electrons. The van der Waals surface area contributed by atoms with Crippen LogP contribution in [0.25, 0.3) is 0 Å². The number of aryl methyl sites for hydroxylation is 1. The van der Waals surface area contributed by atoms with E-state index in [4.69, 9.17) is 0 Å². The first-order valence-electron chi connectivity index (χ1n) is 5.84. The smallest absolute Gasteiger partial charge is 0.126 e. The van der Waals surface area contributed by atoms with Gasteiger partial charge in [0, 0.05) is 15.3 Å². The minimum absolute atomic E-state index is 0.0835. The molecule has 0 fully saturated rings. The molecule has 18 heavy (non-hydrogen) atoms. The van der Waals surface area contributed by atoms with Crippen molar-refractivity contribution in [2.45, 2.75) is 19.9 Å². The van der Waals surface area contributed by atoms with Crippen molar-refractivity contribution >= 4 is 28.3 Å². The Labute approximate surface area is 121 Å². The Morgan fingerprint density at radius 1 is 1.11 bits per heavy atom. The summed E-state index contributed by atoms with van der Waals surface area (Å²) in [4.78, 5) is 0. The SMILES string of the molecule is Cc1ccc(C(C)Nc2ccc(I)cc2)cc1F. The van der Waals surface area contributed by atoms with Gasteiger partial charge < -0.3 is 5.32 Å². The lowest BCUT2D eigenvalue weighted by Gasteiger charge is -2.16. The van der Waals surface area contributed by atoms with E-state index in [2.05, 4.69) is 27.9 Å². The Balaban J connectivity index is 2.13. The monoisotopic (exact) mass is 355 g/mol. The van der Waals surface area contributed by atoms with Gasteiger partial charge in [0.05, 0.1) is 0 Å². The fourth-order valence-corrected chi connectivity index (χ4v) is 2.12. The van der Waals surface area contributed by atoms with E-state index in [1.165, 1.54) is 3.57 Å². The maximum absolute atomic E-state index is 13.5. The fourth-order valence-electron chi connectivity index (χ4n) is 1.76. The number of anilines is 1. The molecule has 2 rings (SSSR count). The summed E-state index contributed by atoms with van der Waals surface area (Å²) in [5.74, 6) is -0.149. The van der Waals surface area contributed by atoms with Gasteiger partial charge in [-0.1, -0.05) is 12.1 Å². The number of rotatable bonds is 3. The molecule has 0 saturated heterocycles. The highest BCUT2D eigenvalue weighted by Crippen LogP contribution is 2.21. The Bertz CT molecular complexity index is 537. The largest absolute Gasteiger partial charge is 0.379 e. The molecule has 1 unspecified atom stereocenters. The molecule has 1 atom stereocenters. The third kappa shape index (κ3) is 3.22. The molecule has 0 radical (unpaired) electrons. The van der Waals surface area contributed by atoms with E-state index in [1.54, 1.807) is 13.0 Å². The van der Waals surface area contributed by atoms with Crippen molar-refractivity contribution < 1.29 is 4.39 Å². The van der Waals surface area contributed by atoms with Gasteiger partial charge in [0.25, 0.3) is 0 Å². The van der Waals surface area contributed by atoms with Gasteiger partial charge in [0.2, 0.25) is 0 Å². The molecule has 1 nitrogen and oxygen atoms in total. The average Bonchev–Trinajstić information content (AvgIpc) is 2.35. The van der Waals surface area contributed by atoms with Gasteiger partial charge in [0.15, 0.2) is 0 Å². The second kappa shape index (κ2) is 5.69. The van der Waals surface area contributed by atoms with E-state index in [1.807, 2.05) is 43.3 Å². The molecule has 0 aliphatic rings. The normalized spacial score (nSPS) is 12.2. The van der Waals surface area contributed by atoms with Crippen LogP contribution in [0.15, 0.2) is 42.5 Å². The summed E-state index contributed by atoms with van der Waals surface area (Å²) in [6.45, 7) is 3.80. The van der Waals surface area contributed by atoms with E-state index in [-0.39, 0.29) is 11.9 Å². The number of nitrogens with one attached hydrogen (secondary N) is 1. The Kier molecular flexibility index (Phi) is 4.22. The maximum Gasteiger partial charge on any atom is 0.126 e. The lowest BCUT2D eigenvalue weighted by Crippen LogP contribution is -2.07. The molecule has 0 heterocycles. The molecule has 0 spiro atoms. The van der Waals surface area contributed by atoms with Crippen LogP contribution in [-0.2, 0) is 0 Å². The van der Waals surface area contributed by atoms with Gasteiger partial charge in [-0.05, 0) is 77.9 Å². The van der Waals surface area contributed by atoms with Crippen molar-refractivity contribution in [2.24, 2.45) is 0 Å². The maximum atomic E-state index is 13.5. The standard InChI is InChI=1S/C15H15FIN/c1-10-3-4-12(9-15(10)16)11(2)18-14-7-5-13(17)6-8-14/h3-9,11,18H,1-2H3. The molecule has 0 aliphatic heterocycles. The van der Waals surface area contributed by atoms with Gasteiger partial charge in [-0.15, -0.1) is 0 Å². The van der Waals surface area contributed by atoms with Gasteiger partial charge in [0.1, 0.15) is 5.82 Å². The predicted octanol–water partition coefficient (Wildman–Crippen LogP) is 4.91. The van der Waals surface area contributed by atoms with E-state index in [0.717, 1.165) is 11.3 Å². The summed E-state index contributed by atoms with van der Waals surface area (Å²) < 4.78 is 14.7. The lowest BCUT2D eigenvalue weighted by atomic mass is 10.1. The predicted molar refractivity (Wildman–Crippen MR) is 82.3 cm³/mol. The first kappa shape index (κ1) is 13.3. The molecule has 0 saturated carbocycles. The van der Waals surface area contributed by atoms with E-state index in [0.29, 0.717) is 5.56 Å². The summed E-state index contributed by atoms with van der Waals surface area (Å²) in [7, 11) is 0. The van der Waals surface area contributed by atoms with Crippen LogP contribution in [-0.4, -0.2) is 0 Å². The number of benzene rings is 2. The summed E-state index contributed by atoms with van der Waals surface area (Å²) in [5, 5.41) is 3.36. The molecule has 2 aromatic carbocycles. The third-order valence-corrected chi connectivity index (χ3v) is 3.64. The molecule has 3 heteroatoms. The van der Waals surface area contributed by atoms with Crippen LogP contribution < -0.4 is 5.32 Å². The van der Waals surface area contributed by atoms with Gasteiger partial charge in [-0.2, -0.15) is 0 Å². The summed E-state index contributed by atoms with van der Waals surface area (Å²) >= 11 is 2.27. The number of hydrogen-bond acceptors (Lipinski definition) is 1. The van der Waals surface area contributed by atoms with Crippen LogP contribution in [0.5, 0.6) is 0 Å². The number of halogens is 2. The summed E-state index contributed by atoms with van der Waals surface area (Å²) in [5.41, 5.74) is 2.68. The van der Waals surface area contributed by atoms with Crippen LogP contribution in [0.3, 0.4) is 0 Å². The second-order valence-corrected chi connectivity index (χ2v) is 5.63. The van der Waals surface area contributed by atoms with Crippen LogP contribution in [0.1, 0.15) is 24.1 Å². The zero-order chi connectivity index (χ0) is 13.1. The Morgan fingerprint density at radius 2 is 1.78 bits per heavy atom. The fraction of sp³-hybridized carbons (Fsp3) is 0.200. The van der Waals surface area contributed by atoms with Gasteiger partial charge in [-0.25, -0.2) is 4.39 Å². The minimum atomic E-state index is -0.149. The summed E-state index contributed by atoms with van der Waals surface area (Å²) in [6, 6.07) is 13.6. The number of hydrogen-bond donors (Lipinski definition) is 1. The molecule has 1 N–H and O–H groups in total. The quantitative estimate of drug-likeness (QED) is 0.772. The average molecular weight is 355 g/mol. The minimum Gasteiger partial charge on any atom is -0.379 e. The molecule has 0 aliphatic carbocycles. The molecule has 0 amide bonds. The topological polar surface area (TPSA) is 12.0 Å². The highest BCUT2D eigenvalue weighted by molar-refractivity contribution is 14.1. The van der Waals surface area contributed by atoms with Crippen LogP contribution in [0.2, 0.25) is 0 Å². The van der Waals surface area contributed by atoms with Crippen molar-refractivity contribution in [3.63, 3.8) is 0 Å². The Morgan fingerprint density at radius 3 is 2.39 bits per heavy atom. The molecule has 0 aromatic heterocycles. The van der Waals surface area contributed by atoms with Crippen molar-refractivity contribution in [2.75, 3.05) is 5.32 Å². The molecular weight excluding hydrogens is 340 g/mol. The zero-order valence-electron chi connectivity index (χ0n) is 10.4. The molecular formula is C15H15FIN. The van der Waals surface area contributed by atoms with Gasteiger partial charge in [-0.3, -0.25) is 0 Å². The van der Waals surface area contributed by atoms with Gasteiger partial charge >= 0.3 is 0 Å². The second-order valence-electron chi connectivity index (χ2n) is 4.38. The Hall–Kier alpha value is -1.10. The lowest BCUT2D eigenvalue weighted by molar-refractivity contribution is 0.614. The highest BCUT2D eigenvalue weighted by atomic mass is 127. The van der Waals surface area contributed by atoms with Crippen molar-refractivity contribution in [3.8, 4) is 0 Å². The van der Waals surface area contributed by atoms with E-state index < -0.39 is 0 Å². The van der Waals surface area contributed by atoms with Crippen molar-refractivity contribution in [1.82, 2.24) is 0 Å². The van der Waals surface area contributed by atoms with Crippen molar-refractivity contribution in [1.29, 1.82) is 0 Å². The first-order valence-corrected chi connectivity index (χ1v) is 6.92. The molecule has 2 aromatic rings. The summed E-state index contributed by atoms with van der Waals surface area (Å²) in [6.07, 6.45) is 0. The molecule has 0 bridgehead atoms. The van der Waals surface area contributed by atoms with E-state index >= 15 is 0 Å². The highest BCUT2D eigenvalue weighted by Gasteiger charge is 2.07. The van der Waals surface area contributed by atoms with Crippen LogP contribution in [0.4, 0.5) is 10.1 Å². The van der Waals surface area contributed by atoms with Crippen LogP contribution >= 0.6 is 22.6 Å². The zero-order valence-corrected chi connectivity index (χ0v) is 12.5. The first-order chi connectivity index (χ1) is 8.56. The van der Waals surface area contributed by atoms with Crippen LogP contribution in [0, 0.1) is 16.3 Å². The third-order valence-electron chi connectivity index (χ3n) is 2.92. The van der Waals surface area contributed by atoms with E-state index in [9.17, 15) is 4.39 Å².